The summed E-state index contributed by atoms with van der Waals surface area (Å²) in [5.41, 5.74) is 3.96. The summed E-state index contributed by atoms with van der Waals surface area (Å²) >= 11 is 0. The van der Waals surface area contributed by atoms with Crippen molar-refractivity contribution in [2.24, 2.45) is 0 Å². The van der Waals surface area contributed by atoms with Crippen LogP contribution in [-0.4, -0.2) is 30.1 Å². The zero-order chi connectivity index (χ0) is 20.1. The van der Waals surface area contributed by atoms with Gasteiger partial charge in [-0.25, -0.2) is 0 Å². The highest BCUT2D eigenvalue weighted by Crippen LogP contribution is 2.32. The molecule has 1 aliphatic rings. The molecular formula is C22H26N2O4. The second-order valence-electron chi connectivity index (χ2n) is 6.89. The third kappa shape index (κ3) is 4.63. The molecule has 0 atom stereocenters. The van der Waals surface area contributed by atoms with E-state index < -0.39 is 0 Å². The van der Waals surface area contributed by atoms with Gasteiger partial charge in [-0.2, -0.15) is 0 Å². The highest BCUT2D eigenvalue weighted by molar-refractivity contribution is 5.92. The van der Waals surface area contributed by atoms with Gasteiger partial charge in [0.25, 0.3) is 0 Å². The third-order valence-electron chi connectivity index (χ3n) is 4.87. The lowest BCUT2D eigenvalue weighted by Gasteiger charge is -2.21. The second-order valence-corrected chi connectivity index (χ2v) is 6.89. The second kappa shape index (κ2) is 8.78. The highest BCUT2D eigenvalue weighted by atomic mass is 16.7. The number of fused-ring (bicyclic) bond motifs is 1. The Kier molecular flexibility index (Phi) is 6.19. The van der Waals surface area contributed by atoms with E-state index in [0.29, 0.717) is 24.6 Å². The van der Waals surface area contributed by atoms with E-state index in [0.717, 1.165) is 28.8 Å². The van der Waals surface area contributed by atoms with E-state index in [4.69, 9.17) is 9.47 Å². The number of nitrogens with zero attached hydrogens (tertiary/aromatic N) is 1. The zero-order valence-electron chi connectivity index (χ0n) is 16.6. The Bertz CT molecular complexity index is 879. The number of benzene rings is 2. The molecule has 3 rings (SSSR count). The summed E-state index contributed by atoms with van der Waals surface area (Å²) in [5.74, 6) is 1.23. The first-order valence-electron chi connectivity index (χ1n) is 9.50. The molecule has 0 unspecified atom stereocenters. The van der Waals surface area contributed by atoms with Crippen LogP contribution in [0.2, 0.25) is 0 Å². The standard InChI is InChI=1S/C22H26N2O4/c1-4-18-7-5-6-15(2)22(18)23-21(26)10-11-24(16(3)25)13-17-8-9-19-20(12-17)28-14-27-19/h5-9,12H,4,10-11,13-14H2,1-3H3,(H,23,26). The van der Waals surface area contributed by atoms with Crippen LogP contribution in [0.4, 0.5) is 5.69 Å². The van der Waals surface area contributed by atoms with E-state index >= 15 is 0 Å². The van der Waals surface area contributed by atoms with Crippen molar-refractivity contribution in [2.75, 3.05) is 18.7 Å². The van der Waals surface area contributed by atoms with Gasteiger partial charge in [0, 0.05) is 32.1 Å². The van der Waals surface area contributed by atoms with Crippen LogP contribution in [-0.2, 0) is 22.6 Å². The van der Waals surface area contributed by atoms with Gasteiger partial charge in [-0.1, -0.05) is 31.2 Å². The summed E-state index contributed by atoms with van der Waals surface area (Å²) in [6.07, 6.45) is 1.09. The van der Waals surface area contributed by atoms with E-state index in [9.17, 15) is 9.59 Å². The number of para-hydroxylation sites is 1. The van der Waals surface area contributed by atoms with Gasteiger partial charge in [-0.15, -0.1) is 0 Å². The molecule has 148 valence electrons. The molecule has 28 heavy (non-hydrogen) atoms. The van der Waals surface area contributed by atoms with E-state index in [1.165, 1.54) is 6.92 Å². The molecule has 1 heterocycles. The predicted molar refractivity (Wildman–Crippen MR) is 107 cm³/mol. The monoisotopic (exact) mass is 382 g/mol. The highest BCUT2D eigenvalue weighted by Gasteiger charge is 2.17. The predicted octanol–water partition coefficient (Wildman–Crippen LogP) is 3.66. The van der Waals surface area contributed by atoms with E-state index in [1.807, 2.05) is 43.3 Å². The average Bonchev–Trinajstić information content (AvgIpc) is 3.14. The molecule has 2 amide bonds. The third-order valence-corrected chi connectivity index (χ3v) is 4.87. The SMILES string of the molecule is CCc1cccc(C)c1NC(=O)CCN(Cc1ccc2c(c1)OCO2)C(C)=O. The van der Waals surface area contributed by atoms with Crippen LogP contribution in [0.1, 0.15) is 37.0 Å². The van der Waals surface area contributed by atoms with Crippen molar-refractivity contribution in [3.05, 3.63) is 53.1 Å². The molecule has 2 aromatic carbocycles. The van der Waals surface area contributed by atoms with Gasteiger partial charge in [0.15, 0.2) is 11.5 Å². The fraction of sp³-hybridized carbons (Fsp3) is 0.364. The molecule has 0 aromatic heterocycles. The van der Waals surface area contributed by atoms with Gasteiger partial charge in [0.05, 0.1) is 0 Å². The fourth-order valence-electron chi connectivity index (χ4n) is 3.25. The number of rotatable bonds is 7. The number of hydrogen-bond donors (Lipinski definition) is 1. The van der Waals surface area contributed by atoms with Crippen molar-refractivity contribution in [3.8, 4) is 11.5 Å². The number of hydrogen-bond acceptors (Lipinski definition) is 4. The van der Waals surface area contributed by atoms with Crippen molar-refractivity contribution < 1.29 is 19.1 Å². The van der Waals surface area contributed by atoms with Gasteiger partial charge < -0.3 is 19.7 Å². The molecule has 1 aliphatic heterocycles. The van der Waals surface area contributed by atoms with Crippen molar-refractivity contribution in [1.82, 2.24) is 4.90 Å². The summed E-state index contributed by atoms with van der Waals surface area (Å²) in [7, 11) is 0. The maximum absolute atomic E-state index is 12.5. The first-order valence-corrected chi connectivity index (χ1v) is 9.50. The minimum Gasteiger partial charge on any atom is -0.454 e. The Balaban J connectivity index is 1.61. The topological polar surface area (TPSA) is 67.9 Å². The quantitative estimate of drug-likeness (QED) is 0.793. The number of anilines is 1. The van der Waals surface area contributed by atoms with E-state index in [2.05, 4.69) is 12.2 Å². The van der Waals surface area contributed by atoms with Gasteiger partial charge in [-0.3, -0.25) is 9.59 Å². The lowest BCUT2D eigenvalue weighted by atomic mass is 10.1. The maximum atomic E-state index is 12.5. The Hall–Kier alpha value is -3.02. The molecule has 0 radical (unpaired) electrons. The summed E-state index contributed by atoms with van der Waals surface area (Å²) in [6, 6.07) is 11.6. The average molecular weight is 382 g/mol. The van der Waals surface area contributed by atoms with Crippen molar-refractivity contribution in [1.29, 1.82) is 0 Å². The summed E-state index contributed by atoms with van der Waals surface area (Å²) in [6.45, 7) is 6.55. The van der Waals surface area contributed by atoms with Crippen LogP contribution < -0.4 is 14.8 Å². The van der Waals surface area contributed by atoms with Gasteiger partial charge in [0.2, 0.25) is 18.6 Å². The Morgan fingerprint density at radius 1 is 1.14 bits per heavy atom. The maximum Gasteiger partial charge on any atom is 0.231 e. The fourth-order valence-corrected chi connectivity index (χ4v) is 3.25. The first-order chi connectivity index (χ1) is 13.5. The van der Waals surface area contributed by atoms with Crippen molar-refractivity contribution >= 4 is 17.5 Å². The number of carbonyl (C=O) groups is 2. The van der Waals surface area contributed by atoms with Gasteiger partial charge in [0.1, 0.15) is 0 Å². The van der Waals surface area contributed by atoms with Crippen LogP contribution in [0.25, 0.3) is 0 Å². The minimum atomic E-state index is -0.0964. The van der Waals surface area contributed by atoms with Gasteiger partial charge >= 0.3 is 0 Å². The Morgan fingerprint density at radius 2 is 1.93 bits per heavy atom. The number of aryl methyl sites for hydroxylation is 2. The Labute approximate surface area is 165 Å². The molecule has 6 heteroatoms. The molecule has 0 aliphatic carbocycles. The first kappa shape index (κ1) is 19.7. The molecule has 1 N–H and O–H groups in total. The van der Waals surface area contributed by atoms with Crippen LogP contribution >= 0.6 is 0 Å². The lowest BCUT2D eigenvalue weighted by Crippen LogP contribution is -2.31. The van der Waals surface area contributed by atoms with E-state index in [-0.39, 0.29) is 25.0 Å². The number of carbonyl (C=O) groups excluding carboxylic acids is 2. The number of ether oxygens (including phenoxy) is 2. The smallest absolute Gasteiger partial charge is 0.231 e. The molecule has 0 spiro atoms. The number of amides is 2. The molecule has 0 saturated heterocycles. The number of nitrogens with one attached hydrogen (secondary N) is 1. The van der Waals surface area contributed by atoms with Crippen LogP contribution in [0.15, 0.2) is 36.4 Å². The molecule has 2 aromatic rings. The molecule has 0 fully saturated rings. The molecular weight excluding hydrogens is 356 g/mol. The van der Waals surface area contributed by atoms with Gasteiger partial charge in [-0.05, 0) is 42.2 Å². The van der Waals surface area contributed by atoms with Crippen molar-refractivity contribution in [2.45, 2.75) is 40.2 Å². The summed E-state index contributed by atoms with van der Waals surface area (Å²) in [5, 5.41) is 3.01. The van der Waals surface area contributed by atoms with E-state index in [1.54, 1.807) is 4.90 Å². The zero-order valence-corrected chi connectivity index (χ0v) is 16.6. The Morgan fingerprint density at radius 3 is 2.68 bits per heavy atom. The van der Waals surface area contributed by atoms with Crippen LogP contribution in [0, 0.1) is 6.92 Å². The molecule has 0 bridgehead atoms. The summed E-state index contributed by atoms with van der Waals surface area (Å²) in [4.78, 5) is 26.2. The molecule has 0 saturated carbocycles. The van der Waals surface area contributed by atoms with Crippen molar-refractivity contribution in [3.63, 3.8) is 0 Å². The molecule has 6 nitrogen and oxygen atoms in total. The van der Waals surface area contributed by atoms with Crippen LogP contribution in [0.5, 0.6) is 11.5 Å². The lowest BCUT2D eigenvalue weighted by molar-refractivity contribution is -0.129. The normalized spacial score (nSPS) is 12.0. The largest absolute Gasteiger partial charge is 0.454 e. The minimum absolute atomic E-state index is 0.0735. The summed E-state index contributed by atoms with van der Waals surface area (Å²) < 4.78 is 10.7. The van der Waals surface area contributed by atoms with Crippen LogP contribution in [0.3, 0.4) is 0 Å².